The Bertz CT molecular complexity index is 839. The van der Waals surface area contributed by atoms with Crippen molar-refractivity contribution in [2.45, 2.75) is 39.3 Å². The van der Waals surface area contributed by atoms with Crippen LogP contribution in [-0.4, -0.2) is 57.7 Å². The molecule has 2 heterocycles. The molecule has 0 spiro atoms. The summed E-state index contributed by atoms with van der Waals surface area (Å²) in [4.78, 5) is 26.2. The lowest BCUT2D eigenvalue weighted by Crippen LogP contribution is -2.44. The lowest BCUT2D eigenvalue weighted by molar-refractivity contribution is -0.134. The van der Waals surface area contributed by atoms with Crippen molar-refractivity contribution in [3.63, 3.8) is 0 Å². The number of rotatable bonds is 7. The number of fused-ring (bicyclic) bond motifs is 1. The van der Waals surface area contributed by atoms with E-state index in [-0.39, 0.29) is 0 Å². The van der Waals surface area contributed by atoms with E-state index in [9.17, 15) is 9.59 Å². The summed E-state index contributed by atoms with van der Waals surface area (Å²) in [5.74, 6) is -1.82. The molecule has 3 N–H and O–H groups in total. The molecular formula is C23H31N3O4. The summed E-state index contributed by atoms with van der Waals surface area (Å²) in [6, 6.07) is 9.30. The quantitative estimate of drug-likeness (QED) is 0.599. The Balaban J connectivity index is 0.000000343. The van der Waals surface area contributed by atoms with E-state index in [2.05, 4.69) is 59.5 Å². The second-order valence-electron chi connectivity index (χ2n) is 7.83. The van der Waals surface area contributed by atoms with Crippen LogP contribution < -0.4 is 5.32 Å². The average molecular weight is 414 g/mol. The summed E-state index contributed by atoms with van der Waals surface area (Å²) in [6.45, 7) is 9.09. The Morgan fingerprint density at radius 1 is 1.13 bits per heavy atom. The number of carboxylic acid groups (broad SMARTS) is 2. The average Bonchev–Trinajstić information content (AvgIpc) is 2.73. The van der Waals surface area contributed by atoms with Crippen molar-refractivity contribution in [3.05, 3.63) is 54.4 Å². The van der Waals surface area contributed by atoms with Gasteiger partial charge in [-0.15, -0.1) is 0 Å². The molecule has 1 saturated heterocycles. The molecule has 1 fully saturated rings. The van der Waals surface area contributed by atoms with Gasteiger partial charge in [0.15, 0.2) is 0 Å². The Morgan fingerprint density at radius 3 is 2.37 bits per heavy atom. The fraction of sp³-hybridized carbons (Fsp3) is 0.435. The van der Waals surface area contributed by atoms with E-state index in [1.165, 1.54) is 29.2 Å². The van der Waals surface area contributed by atoms with Crippen molar-refractivity contribution in [2.75, 3.05) is 19.6 Å². The van der Waals surface area contributed by atoms with Crippen LogP contribution >= 0.6 is 0 Å². The van der Waals surface area contributed by atoms with Crippen LogP contribution in [0.15, 0.2) is 48.8 Å². The van der Waals surface area contributed by atoms with Gasteiger partial charge in [-0.2, -0.15) is 0 Å². The third-order valence-electron chi connectivity index (χ3n) is 4.92. The van der Waals surface area contributed by atoms with Gasteiger partial charge in [0.05, 0.1) is 0 Å². The first-order chi connectivity index (χ1) is 14.4. The molecule has 0 amide bonds. The summed E-state index contributed by atoms with van der Waals surface area (Å²) in [5.41, 5.74) is 1.36. The highest BCUT2D eigenvalue weighted by Gasteiger charge is 2.22. The number of pyridine rings is 1. The number of hydrogen-bond donors (Lipinski definition) is 3. The van der Waals surface area contributed by atoms with Crippen LogP contribution in [0.1, 0.15) is 32.3 Å². The maximum absolute atomic E-state index is 9.55. The minimum absolute atomic E-state index is 0.558. The first kappa shape index (κ1) is 23.5. The van der Waals surface area contributed by atoms with Gasteiger partial charge in [0, 0.05) is 49.1 Å². The molecule has 162 valence electrons. The van der Waals surface area contributed by atoms with Gasteiger partial charge in [0.2, 0.25) is 0 Å². The molecule has 0 saturated carbocycles. The van der Waals surface area contributed by atoms with E-state index < -0.39 is 11.9 Å². The number of aliphatic carboxylic acids is 2. The summed E-state index contributed by atoms with van der Waals surface area (Å²) in [5, 5.41) is 21.7. The predicted octanol–water partition coefficient (Wildman–Crippen LogP) is 3.16. The highest BCUT2D eigenvalue weighted by atomic mass is 16.4. The molecule has 0 radical (unpaired) electrons. The lowest BCUT2D eigenvalue weighted by Gasteiger charge is -2.36. The Morgan fingerprint density at radius 2 is 1.77 bits per heavy atom. The van der Waals surface area contributed by atoms with Crippen LogP contribution in [-0.2, 0) is 16.1 Å². The zero-order valence-corrected chi connectivity index (χ0v) is 17.6. The number of benzene rings is 1. The maximum atomic E-state index is 9.55. The second kappa shape index (κ2) is 12.0. The van der Waals surface area contributed by atoms with Crippen LogP contribution in [0.5, 0.6) is 0 Å². The van der Waals surface area contributed by atoms with E-state index in [0.29, 0.717) is 24.1 Å². The molecule has 1 aliphatic heterocycles. The number of piperidine rings is 1. The molecule has 1 aromatic heterocycles. The van der Waals surface area contributed by atoms with E-state index in [1.54, 1.807) is 0 Å². The Kier molecular flexibility index (Phi) is 9.44. The number of hydrogen-bond acceptors (Lipinski definition) is 5. The van der Waals surface area contributed by atoms with Crippen molar-refractivity contribution < 1.29 is 19.8 Å². The Hall–Kier alpha value is -2.77. The number of nitrogens with zero attached hydrogens (tertiary/aromatic N) is 2. The zero-order chi connectivity index (χ0) is 21.9. The van der Waals surface area contributed by atoms with Crippen LogP contribution in [0, 0.1) is 5.92 Å². The summed E-state index contributed by atoms with van der Waals surface area (Å²) < 4.78 is 0. The van der Waals surface area contributed by atoms with E-state index in [4.69, 9.17) is 10.2 Å². The third kappa shape index (κ3) is 7.93. The molecule has 1 aliphatic rings. The first-order valence-corrected chi connectivity index (χ1v) is 10.3. The van der Waals surface area contributed by atoms with Crippen LogP contribution in [0.2, 0.25) is 0 Å². The standard InChI is InChI=1S/C19H27N3.C4H4O4/c1-15(2)13-22(18-7-9-20-10-8-18)14-17-12-21-11-16-5-3-4-6-19(16)17;5-3(6)1-2-4(7)8/h3-6,11-12,15,18,20H,7-10,13-14H2,1-2H3;1-2H,(H,5,6)(H,7,8)/b;2-1+. The van der Waals surface area contributed by atoms with Gasteiger partial charge in [0.1, 0.15) is 0 Å². The normalized spacial score (nSPS) is 14.8. The monoisotopic (exact) mass is 413 g/mol. The van der Waals surface area contributed by atoms with Gasteiger partial charge in [-0.05, 0) is 42.8 Å². The molecule has 0 bridgehead atoms. The maximum Gasteiger partial charge on any atom is 0.328 e. The van der Waals surface area contributed by atoms with Crippen LogP contribution in [0.3, 0.4) is 0 Å². The van der Waals surface area contributed by atoms with Gasteiger partial charge in [-0.3, -0.25) is 9.88 Å². The highest BCUT2D eigenvalue weighted by Crippen LogP contribution is 2.22. The lowest BCUT2D eigenvalue weighted by atomic mass is 10.0. The van der Waals surface area contributed by atoms with Gasteiger partial charge in [0.25, 0.3) is 0 Å². The van der Waals surface area contributed by atoms with Crippen molar-refractivity contribution in [3.8, 4) is 0 Å². The van der Waals surface area contributed by atoms with Crippen molar-refractivity contribution in [2.24, 2.45) is 5.92 Å². The zero-order valence-electron chi connectivity index (χ0n) is 17.6. The number of carboxylic acids is 2. The summed E-state index contributed by atoms with van der Waals surface area (Å²) in [6.07, 6.45) is 7.65. The number of nitrogens with one attached hydrogen (secondary N) is 1. The first-order valence-electron chi connectivity index (χ1n) is 10.3. The summed E-state index contributed by atoms with van der Waals surface area (Å²) >= 11 is 0. The largest absolute Gasteiger partial charge is 0.478 e. The van der Waals surface area contributed by atoms with Crippen molar-refractivity contribution in [1.82, 2.24) is 15.2 Å². The smallest absolute Gasteiger partial charge is 0.328 e. The molecule has 0 aliphatic carbocycles. The molecule has 2 aromatic rings. The van der Waals surface area contributed by atoms with Gasteiger partial charge >= 0.3 is 11.9 Å². The fourth-order valence-electron chi connectivity index (χ4n) is 3.65. The van der Waals surface area contributed by atoms with Gasteiger partial charge in [-0.1, -0.05) is 38.1 Å². The number of aromatic nitrogens is 1. The highest BCUT2D eigenvalue weighted by molar-refractivity contribution is 5.89. The van der Waals surface area contributed by atoms with Gasteiger partial charge in [-0.25, -0.2) is 9.59 Å². The van der Waals surface area contributed by atoms with E-state index in [1.807, 2.05) is 6.20 Å². The van der Waals surface area contributed by atoms with Crippen LogP contribution in [0.25, 0.3) is 10.8 Å². The third-order valence-corrected chi connectivity index (χ3v) is 4.92. The molecule has 1 aromatic carbocycles. The fourth-order valence-corrected chi connectivity index (χ4v) is 3.65. The molecule has 3 rings (SSSR count). The molecule has 7 heteroatoms. The predicted molar refractivity (Wildman–Crippen MR) is 117 cm³/mol. The minimum Gasteiger partial charge on any atom is -0.478 e. The van der Waals surface area contributed by atoms with Crippen molar-refractivity contribution >= 4 is 22.7 Å². The molecule has 30 heavy (non-hydrogen) atoms. The topological polar surface area (TPSA) is 103 Å². The molecule has 7 nitrogen and oxygen atoms in total. The Labute approximate surface area is 177 Å². The SMILES string of the molecule is CC(C)CN(Cc1cncc2ccccc12)C1CCNCC1.O=C(O)/C=C/C(=O)O. The van der Waals surface area contributed by atoms with Crippen molar-refractivity contribution in [1.29, 1.82) is 0 Å². The van der Waals surface area contributed by atoms with Gasteiger partial charge < -0.3 is 15.5 Å². The minimum atomic E-state index is -1.26. The summed E-state index contributed by atoms with van der Waals surface area (Å²) in [7, 11) is 0. The van der Waals surface area contributed by atoms with E-state index in [0.717, 1.165) is 26.2 Å². The second-order valence-corrected chi connectivity index (χ2v) is 7.83. The molecule has 0 unspecified atom stereocenters. The van der Waals surface area contributed by atoms with E-state index >= 15 is 0 Å². The molecular weight excluding hydrogens is 382 g/mol. The number of carbonyl (C=O) groups is 2. The van der Waals surface area contributed by atoms with Crippen LogP contribution in [0.4, 0.5) is 0 Å². The molecule has 0 atom stereocenters.